The first kappa shape index (κ1) is 16.3. The molecule has 0 saturated heterocycles. The number of aliphatic carboxylic acids is 1. The summed E-state index contributed by atoms with van der Waals surface area (Å²) in [6.45, 7) is 2.78. The fraction of sp³-hybridized carbons (Fsp3) is 0.333. The van der Waals surface area contributed by atoms with E-state index in [0.717, 1.165) is 23.7 Å². The molecule has 0 spiro atoms. The van der Waals surface area contributed by atoms with Gasteiger partial charge in [-0.2, -0.15) is 5.26 Å². The predicted molar refractivity (Wildman–Crippen MR) is 80.4 cm³/mol. The predicted octanol–water partition coefficient (Wildman–Crippen LogP) is 4.01. The molecule has 0 fully saturated rings. The second-order valence-corrected chi connectivity index (χ2v) is 5.07. The van der Waals surface area contributed by atoms with Crippen molar-refractivity contribution in [1.82, 2.24) is 0 Å². The van der Waals surface area contributed by atoms with Crippen LogP contribution in [0.3, 0.4) is 0 Å². The van der Waals surface area contributed by atoms with Crippen LogP contribution in [0.25, 0.3) is 6.08 Å². The molecule has 0 amide bonds. The Morgan fingerprint density at radius 1 is 1.50 bits per heavy atom. The number of rotatable bonds is 7. The van der Waals surface area contributed by atoms with Crippen LogP contribution < -0.4 is 4.74 Å². The van der Waals surface area contributed by atoms with E-state index in [4.69, 9.17) is 15.1 Å². The molecule has 1 N–H and O–H groups in total. The minimum absolute atomic E-state index is 0.298. The normalized spacial score (nSPS) is 10.9. The Hall–Kier alpha value is -1.80. The van der Waals surface area contributed by atoms with E-state index in [9.17, 15) is 4.79 Å². The highest BCUT2D eigenvalue weighted by Crippen LogP contribution is 2.27. The van der Waals surface area contributed by atoms with Gasteiger partial charge in [-0.3, -0.25) is 0 Å². The lowest BCUT2D eigenvalue weighted by Crippen LogP contribution is -1.99. The van der Waals surface area contributed by atoms with Crippen molar-refractivity contribution in [3.63, 3.8) is 0 Å². The molecule has 5 heteroatoms. The summed E-state index contributed by atoms with van der Waals surface area (Å²) in [5.41, 5.74) is 0.338. The molecule has 0 atom stereocenters. The second kappa shape index (κ2) is 8.39. The lowest BCUT2D eigenvalue weighted by Gasteiger charge is -2.08. The molecule has 0 radical (unpaired) electrons. The van der Waals surface area contributed by atoms with Gasteiger partial charge < -0.3 is 9.84 Å². The number of carboxylic acids is 1. The summed E-state index contributed by atoms with van der Waals surface area (Å²) in [5, 5.41) is 17.5. The molecule has 0 aliphatic carbocycles. The van der Waals surface area contributed by atoms with Crippen molar-refractivity contribution in [2.45, 2.75) is 26.2 Å². The smallest absolute Gasteiger partial charge is 0.346 e. The average molecular weight is 338 g/mol. The zero-order valence-electron chi connectivity index (χ0n) is 11.2. The highest BCUT2D eigenvalue weighted by atomic mass is 79.9. The van der Waals surface area contributed by atoms with Gasteiger partial charge in [0.1, 0.15) is 17.4 Å². The van der Waals surface area contributed by atoms with Crippen molar-refractivity contribution in [3.05, 3.63) is 33.8 Å². The van der Waals surface area contributed by atoms with E-state index in [1.165, 1.54) is 6.08 Å². The first-order valence-electron chi connectivity index (χ1n) is 6.36. The molecule has 1 aromatic rings. The van der Waals surface area contributed by atoms with E-state index >= 15 is 0 Å². The third-order valence-electron chi connectivity index (χ3n) is 2.62. The highest BCUT2D eigenvalue weighted by molar-refractivity contribution is 9.10. The second-order valence-electron chi connectivity index (χ2n) is 4.22. The SMILES string of the molecule is CCCCCOc1ccc(C=C(C#N)C(=O)O)cc1Br. The Kier molecular flexibility index (Phi) is 6.82. The number of hydrogen-bond donors (Lipinski definition) is 1. The monoisotopic (exact) mass is 337 g/mol. The maximum absolute atomic E-state index is 10.8. The Morgan fingerprint density at radius 2 is 2.25 bits per heavy atom. The molecule has 0 aliphatic heterocycles. The number of nitrogens with zero attached hydrogens (tertiary/aromatic N) is 1. The third kappa shape index (κ3) is 5.06. The first-order chi connectivity index (χ1) is 9.58. The van der Waals surface area contributed by atoms with Crippen molar-refractivity contribution in [3.8, 4) is 11.8 Å². The van der Waals surface area contributed by atoms with Crippen LogP contribution in [-0.2, 0) is 4.79 Å². The summed E-state index contributed by atoms with van der Waals surface area (Å²) in [7, 11) is 0. The van der Waals surface area contributed by atoms with Crippen molar-refractivity contribution >= 4 is 28.0 Å². The highest BCUT2D eigenvalue weighted by Gasteiger charge is 2.07. The summed E-state index contributed by atoms with van der Waals surface area (Å²) in [6.07, 6.45) is 4.60. The number of ether oxygens (including phenoxy) is 1. The molecule has 0 saturated carbocycles. The lowest BCUT2D eigenvalue weighted by molar-refractivity contribution is -0.132. The van der Waals surface area contributed by atoms with Crippen molar-refractivity contribution in [1.29, 1.82) is 5.26 Å². The van der Waals surface area contributed by atoms with Gasteiger partial charge in [-0.15, -0.1) is 0 Å². The van der Waals surface area contributed by atoms with Gasteiger partial charge in [0.05, 0.1) is 11.1 Å². The zero-order valence-corrected chi connectivity index (χ0v) is 12.8. The zero-order chi connectivity index (χ0) is 15.0. The van der Waals surface area contributed by atoms with Crippen LogP contribution in [0.5, 0.6) is 5.75 Å². The number of unbranched alkanes of at least 4 members (excludes halogenated alkanes) is 2. The van der Waals surface area contributed by atoms with Crippen LogP contribution in [0.4, 0.5) is 0 Å². The molecular formula is C15H16BrNO3. The Bertz CT molecular complexity index is 547. The number of hydrogen-bond acceptors (Lipinski definition) is 3. The van der Waals surface area contributed by atoms with Gasteiger partial charge in [-0.25, -0.2) is 4.79 Å². The lowest BCUT2D eigenvalue weighted by atomic mass is 10.1. The number of carbonyl (C=O) groups is 1. The van der Waals surface area contributed by atoms with Crippen LogP contribution in [0.2, 0.25) is 0 Å². The summed E-state index contributed by atoms with van der Waals surface area (Å²) in [6, 6.07) is 6.86. The van der Waals surface area contributed by atoms with Crippen molar-refractivity contribution in [2.75, 3.05) is 6.61 Å². The molecule has 1 rings (SSSR count). The minimum atomic E-state index is -1.23. The fourth-order valence-corrected chi connectivity index (χ4v) is 2.08. The van der Waals surface area contributed by atoms with Crippen LogP contribution in [0.1, 0.15) is 31.7 Å². The van der Waals surface area contributed by atoms with Crippen molar-refractivity contribution < 1.29 is 14.6 Å². The van der Waals surface area contributed by atoms with Crippen LogP contribution >= 0.6 is 15.9 Å². The van der Waals surface area contributed by atoms with E-state index in [0.29, 0.717) is 17.9 Å². The molecule has 106 valence electrons. The largest absolute Gasteiger partial charge is 0.492 e. The van der Waals surface area contributed by atoms with Crippen LogP contribution in [0.15, 0.2) is 28.2 Å². The number of carboxylic acid groups (broad SMARTS) is 1. The molecule has 0 aromatic heterocycles. The van der Waals surface area contributed by atoms with Gasteiger partial charge in [0.25, 0.3) is 0 Å². The van der Waals surface area contributed by atoms with Gasteiger partial charge in [0, 0.05) is 0 Å². The molecule has 4 nitrogen and oxygen atoms in total. The molecular weight excluding hydrogens is 322 g/mol. The van der Waals surface area contributed by atoms with E-state index in [1.54, 1.807) is 24.3 Å². The maximum atomic E-state index is 10.8. The summed E-state index contributed by atoms with van der Waals surface area (Å²) in [4.78, 5) is 10.8. The summed E-state index contributed by atoms with van der Waals surface area (Å²) >= 11 is 3.38. The molecule has 0 aliphatic rings. The molecule has 20 heavy (non-hydrogen) atoms. The third-order valence-corrected chi connectivity index (χ3v) is 3.24. The topological polar surface area (TPSA) is 70.3 Å². The summed E-state index contributed by atoms with van der Waals surface area (Å²) in [5.74, 6) is -0.518. The maximum Gasteiger partial charge on any atom is 0.346 e. The number of halogens is 1. The van der Waals surface area contributed by atoms with E-state index in [-0.39, 0.29) is 5.57 Å². The Morgan fingerprint density at radius 3 is 2.80 bits per heavy atom. The van der Waals surface area contributed by atoms with Crippen LogP contribution in [0, 0.1) is 11.3 Å². The average Bonchev–Trinajstić information content (AvgIpc) is 2.42. The van der Waals surface area contributed by atoms with Gasteiger partial charge in [-0.05, 0) is 46.1 Å². The first-order valence-corrected chi connectivity index (χ1v) is 7.15. The molecule has 0 heterocycles. The van der Waals surface area contributed by atoms with E-state index < -0.39 is 5.97 Å². The Balaban J connectivity index is 2.78. The minimum Gasteiger partial charge on any atom is -0.492 e. The van der Waals surface area contributed by atoms with Gasteiger partial charge in [-0.1, -0.05) is 25.8 Å². The standard InChI is InChI=1S/C15H16BrNO3/c1-2-3-4-7-20-14-6-5-11(9-13(14)16)8-12(10-17)15(18)19/h5-6,8-9H,2-4,7H2,1H3,(H,18,19). The fourth-order valence-electron chi connectivity index (χ4n) is 1.57. The summed E-state index contributed by atoms with van der Waals surface area (Å²) < 4.78 is 6.36. The van der Waals surface area contributed by atoms with Crippen molar-refractivity contribution in [2.24, 2.45) is 0 Å². The molecule has 0 unspecified atom stereocenters. The van der Waals surface area contributed by atoms with Gasteiger partial charge in [0.15, 0.2) is 0 Å². The van der Waals surface area contributed by atoms with Crippen LogP contribution in [-0.4, -0.2) is 17.7 Å². The van der Waals surface area contributed by atoms with E-state index in [2.05, 4.69) is 22.9 Å². The Labute approximate surface area is 126 Å². The number of benzene rings is 1. The van der Waals surface area contributed by atoms with Gasteiger partial charge >= 0.3 is 5.97 Å². The van der Waals surface area contributed by atoms with Gasteiger partial charge in [0.2, 0.25) is 0 Å². The number of nitriles is 1. The van der Waals surface area contributed by atoms with E-state index in [1.807, 2.05) is 0 Å². The quantitative estimate of drug-likeness (QED) is 0.463. The molecule has 0 bridgehead atoms. The molecule has 1 aromatic carbocycles.